The summed E-state index contributed by atoms with van der Waals surface area (Å²) in [5.74, 6) is -35.1. The molecule has 1 rings (SSSR count). The molecule has 0 bridgehead atoms. The van der Waals surface area contributed by atoms with Crippen LogP contribution >= 0.6 is 0 Å². The molecule has 0 saturated heterocycles. The summed E-state index contributed by atoms with van der Waals surface area (Å²) >= 11 is 0. The maximum absolute atomic E-state index is 13.5. The summed E-state index contributed by atoms with van der Waals surface area (Å²) in [5.41, 5.74) is -7.18. The van der Waals surface area contributed by atoms with E-state index in [0.717, 1.165) is 13.8 Å². The number of hydrogen-bond donors (Lipinski definition) is 1. The van der Waals surface area contributed by atoms with Crippen LogP contribution in [0.25, 0.3) is 0 Å². The lowest BCUT2D eigenvalue weighted by atomic mass is 9.76. The number of hydrogen-bond acceptors (Lipinski definition) is 3. The zero-order valence-electron chi connectivity index (χ0n) is 11.0. The monoisotopic (exact) mass is 368 g/mol. The molecule has 0 heterocycles. The Morgan fingerprint density at radius 1 is 0.696 bits per heavy atom. The molecule has 0 spiro atoms. The van der Waals surface area contributed by atoms with Gasteiger partial charge in [-0.05, 0) is 13.8 Å². The summed E-state index contributed by atoms with van der Waals surface area (Å²) in [5, 5.41) is 2.30. The van der Waals surface area contributed by atoms with Crippen LogP contribution in [0.3, 0.4) is 0 Å². The third-order valence-corrected chi connectivity index (χ3v) is 2.96. The fourth-order valence-electron chi connectivity index (χ4n) is 1.64. The average molecular weight is 368 g/mol. The highest BCUT2D eigenvalue weighted by atomic mass is 19.4. The molecule has 1 N–H and O–H groups in total. The molecule has 0 unspecified atom stereocenters. The molecule has 0 aromatic heterocycles. The van der Waals surface area contributed by atoms with Crippen LogP contribution in [0, 0.1) is 0 Å². The highest BCUT2D eigenvalue weighted by Crippen LogP contribution is 2.68. The van der Waals surface area contributed by atoms with Gasteiger partial charge in [-0.15, -0.1) is 10.0 Å². The Labute approximate surface area is 120 Å². The van der Waals surface area contributed by atoms with Crippen molar-refractivity contribution in [1.29, 1.82) is 0 Å². The molecular weight excluding hydrogens is 361 g/mol. The molecule has 1 aliphatic carbocycles. The van der Waals surface area contributed by atoms with Crippen molar-refractivity contribution in [2.45, 2.75) is 49.2 Å². The molecule has 14 heteroatoms. The number of halogens is 11. The first kappa shape index (κ1) is 19.7. The van der Waals surface area contributed by atoms with Crippen LogP contribution in [-0.2, 0) is 4.84 Å². The van der Waals surface area contributed by atoms with Crippen molar-refractivity contribution in [3.05, 3.63) is 0 Å². The molecule has 0 radical (unpaired) electrons. The Kier molecular flexibility index (Phi) is 4.14. The van der Waals surface area contributed by atoms with Gasteiger partial charge in [-0.2, -0.15) is 43.9 Å². The lowest BCUT2D eigenvalue weighted by Crippen LogP contribution is -2.88. The molecule has 1 fully saturated rings. The number of rotatable bonds is 3. The maximum Gasteiger partial charge on any atom is 0.384 e. The molecule has 1 saturated carbocycles. The van der Waals surface area contributed by atoms with E-state index in [4.69, 9.17) is 0 Å². The van der Waals surface area contributed by atoms with Gasteiger partial charge in [0.2, 0.25) is 0 Å². The van der Waals surface area contributed by atoms with Crippen molar-refractivity contribution in [2.75, 3.05) is 0 Å². The van der Waals surface area contributed by atoms with E-state index in [1.807, 2.05) is 0 Å². The van der Waals surface area contributed by atoms with Crippen molar-refractivity contribution in [1.82, 2.24) is 5.54 Å². The minimum atomic E-state index is -7.22. The molecule has 3 nitrogen and oxygen atoms in total. The molecule has 136 valence electrons. The van der Waals surface area contributed by atoms with Gasteiger partial charge in [0.25, 0.3) is 0 Å². The van der Waals surface area contributed by atoms with E-state index in [1.165, 1.54) is 0 Å². The van der Waals surface area contributed by atoms with E-state index >= 15 is 0 Å². The zero-order valence-corrected chi connectivity index (χ0v) is 11.0. The van der Waals surface area contributed by atoms with E-state index in [2.05, 4.69) is 9.99 Å². The first-order valence-corrected chi connectivity index (χ1v) is 5.44. The van der Waals surface area contributed by atoms with Gasteiger partial charge >= 0.3 is 35.3 Å². The lowest BCUT2D eigenvalue weighted by molar-refractivity contribution is -0.511. The Morgan fingerprint density at radius 3 is 1.26 bits per heavy atom. The summed E-state index contributed by atoms with van der Waals surface area (Å²) in [4.78, 5) is 3.18. The highest BCUT2D eigenvalue weighted by Gasteiger charge is 3.02. The second-order valence-corrected chi connectivity index (χ2v) is 4.78. The van der Waals surface area contributed by atoms with Crippen LogP contribution in [0.2, 0.25) is 0 Å². The highest BCUT2D eigenvalue weighted by molar-refractivity contribution is 5.78. The Balaban J connectivity index is 3.83. The van der Waals surface area contributed by atoms with Gasteiger partial charge in [0, 0.05) is 0 Å². The number of alkyl halides is 10. The Hall–Kier alpha value is -1.34. The largest absolute Gasteiger partial charge is 0.384 e. The molecule has 0 aromatic carbocycles. The van der Waals surface area contributed by atoms with Gasteiger partial charge in [0.1, 0.15) is 0 Å². The quantitative estimate of drug-likeness (QED) is 0.271. The Bertz CT molecular complexity index is 482. The van der Waals surface area contributed by atoms with Crippen LogP contribution in [0.5, 0.6) is 0 Å². The van der Waals surface area contributed by atoms with Crippen molar-refractivity contribution >= 4 is 5.71 Å². The van der Waals surface area contributed by atoms with Gasteiger partial charge in [0.15, 0.2) is 0 Å². The van der Waals surface area contributed by atoms with E-state index < -0.39 is 46.6 Å². The molecule has 0 aromatic rings. The predicted molar refractivity (Wildman–Crippen MR) is 51.6 cm³/mol. The summed E-state index contributed by atoms with van der Waals surface area (Å²) in [7, 11) is 0. The fourth-order valence-corrected chi connectivity index (χ4v) is 1.64. The molecule has 23 heavy (non-hydrogen) atoms. The molecule has 0 amide bonds. The van der Waals surface area contributed by atoms with Crippen LogP contribution < -0.4 is 5.54 Å². The van der Waals surface area contributed by atoms with Crippen LogP contribution in [0.4, 0.5) is 48.4 Å². The SMILES string of the molecule is CC(C)=NOC1(NF)C(F)(F)C(F)(F)C(F)(F)C(F)(F)C1(F)F. The summed E-state index contributed by atoms with van der Waals surface area (Å²) < 4.78 is 145. The average Bonchev–Trinajstić information content (AvgIpc) is 2.36. The van der Waals surface area contributed by atoms with Crippen LogP contribution in [0.1, 0.15) is 13.8 Å². The van der Waals surface area contributed by atoms with Crippen molar-refractivity contribution < 1.29 is 53.2 Å². The van der Waals surface area contributed by atoms with Crippen LogP contribution in [-0.4, -0.2) is 41.0 Å². The number of nitrogens with one attached hydrogen (secondary N) is 1. The van der Waals surface area contributed by atoms with E-state index in [1.54, 1.807) is 0 Å². The third kappa shape index (κ3) is 1.89. The normalized spacial score (nSPS) is 28.7. The minimum absolute atomic E-state index is 0.574. The fraction of sp³-hybridized carbons (Fsp3) is 0.889. The summed E-state index contributed by atoms with van der Waals surface area (Å²) in [6.07, 6.45) is 0. The Morgan fingerprint density at radius 2 is 1.00 bits per heavy atom. The molecular formula is C9H7F11N2O. The van der Waals surface area contributed by atoms with E-state index in [0.29, 0.717) is 0 Å². The second kappa shape index (κ2) is 4.83. The second-order valence-electron chi connectivity index (χ2n) is 4.78. The standard InChI is InChI=1S/C9H7F11N2O/c1-3(2)21-23-9(22-20)7(16,17)5(12,13)4(10,11)6(14,15)8(9,18)19/h22H,1-2H3. The van der Waals surface area contributed by atoms with E-state index in [9.17, 15) is 48.4 Å². The van der Waals surface area contributed by atoms with Gasteiger partial charge < -0.3 is 4.84 Å². The van der Waals surface area contributed by atoms with Gasteiger partial charge in [-0.25, -0.2) is 0 Å². The van der Waals surface area contributed by atoms with Gasteiger partial charge in [-0.1, -0.05) is 5.16 Å². The van der Waals surface area contributed by atoms with Gasteiger partial charge in [-0.3, -0.25) is 0 Å². The first-order chi connectivity index (χ1) is 9.98. The maximum atomic E-state index is 13.5. The first-order valence-electron chi connectivity index (χ1n) is 5.44. The topological polar surface area (TPSA) is 33.6 Å². The van der Waals surface area contributed by atoms with Crippen molar-refractivity contribution in [2.24, 2.45) is 5.16 Å². The lowest BCUT2D eigenvalue weighted by Gasteiger charge is -2.52. The van der Waals surface area contributed by atoms with Crippen molar-refractivity contribution in [3.8, 4) is 0 Å². The smallest absolute Gasteiger partial charge is 0.357 e. The molecule has 1 aliphatic rings. The summed E-state index contributed by atoms with van der Waals surface area (Å²) in [6.45, 7) is 1.69. The van der Waals surface area contributed by atoms with Crippen LogP contribution in [0.15, 0.2) is 5.16 Å². The number of nitrogens with zero attached hydrogens (tertiary/aromatic N) is 1. The molecule has 0 aliphatic heterocycles. The third-order valence-electron chi connectivity index (χ3n) is 2.96. The molecule has 0 atom stereocenters. The predicted octanol–water partition coefficient (Wildman–Crippen LogP) is 3.76. The van der Waals surface area contributed by atoms with Gasteiger partial charge in [0.05, 0.1) is 5.71 Å². The zero-order chi connectivity index (χ0) is 18.7. The van der Waals surface area contributed by atoms with E-state index in [-0.39, 0.29) is 0 Å². The minimum Gasteiger partial charge on any atom is -0.357 e. The number of oxime groups is 1. The summed E-state index contributed by atoms with van der Waals surface area (Å²) in [6, 6.07) is 0. The van der Waals surface area contributed by atoms with Crippen molar-refractivity contribution in [3.63, 3.8) is 0 Å².